The van der Waals surface area contributed by atoms with Crippen molar-refractivity contribution in [3.8, 4) is 0 Å². The van der Waals surface area contributed by atoms with E-state index in [1.807, 2.05) is 54.6 Å². The second-order valence-corrected chi connectivity index (χ2v) is 9.69. The maximum absolute atomic E-state index is 13.8. The van der Waals surface area contributed by atoms with Crippen molar-refractivity contribution < 1.29 is 17.7 Å². The monoisotopic (exact) mass is 423 g/mol. The number of fused-ring (bicyclic) bond motifs is 2. The number of amides is 1. The fraction of sp³-hybridized carbons (Fsp3) is 0.273. The van der Waals surface area contributed by atoms with Gasteiger partial charge in [-0.2, -0.15) is 4.31 Å². The van der Waals surface area contributed by atoms with Crippen molar-refractivity contribution >= 4 is 27.3 Å². The lowest BCUT2D eigenvalue weighted by atomic mass is 9.81. The third-order valence-corrected chi connectivity index (χ3v) is 8.18. The number of benzene rings is 2. The average molecular weight is 423 g/mol. The summed E-state index contributed by atoms with van der Waals surface area (Å²) >= 11 is 0. The lowest BCUT2D eigenvalue weighted by Crippen LogP contribution is -2.42. The smallest absolute Gasteiger partial charge is 0.248 e. The van der Waals surface area contributed by atoms with Gasteiger partial charge in [0.1, 0.15) is 10.6 Å². The molecule has 1 fully saturated rings. The predicted molar refractivity (Wildman–Crippen MR) is 111 cm³/mol. The quantitative estimate of drug-likeness (QED) is 0.645. The molecule has 2 aromatic carbocycles. The first-order valence-electron chi connectivity index (χ1n) is 9.78. The van der Waals surface area contributed by atoms with Crippen molar-refractivity contribution in [1.82, 2.24) is 9.46 Å². The maximum Gasteiger partial charge on any atom is 0.248 e. The number of hydrogen-bond donors (Lipinski definition) is 0. The van der Waals surface area contributed by atoms with Crippen LogP contribution >= 0.6 is 0 Å². The van der Waals surface area contributed by atoms with Gasteiger partial charge < -0.3 is 4.52 Å². The summed E-state index contributed by atoms with van der Waals surface area (Å²) in [5.41, 5.74) is 1.88. The molecule has 1 atom stereocenters. The fourth-order valence-electron chi connectivity index (χ4n) is 4.69. The van der Waals surface area contributed by atoms with Gasteiger partial charge in [-0.3, -0.25) is 9.69 Å². The van der Waals surface area contributed by atoms with Gasteiger partial charge in [0.25, 0.3) is 0 Å². The molecule has 5 rings (SSSR count). The van der Waals surface area contributed by atoms with Gasteiger partial charge in [-0.1, -0.05) is 41.6 Å². The molecule has 2 aliphatic rings. The molecule has 0 N–H and O–H groups in total. The molecular formula is C22H21N3O4S. The Morgan fingerprint density at radius 1 is 1.03 bits per heavy atom. The molecule has 154 valence electrons. The summed E-state index contributed by atoms with van der Waals surface area (Å²) in [6.45, 7) is 3.56. The number of aryl methyl sites for hydroxylation is 2. The Morgan fingerprint density at radius 2 is 1.73 bits per heavy atom. The molecule has 1 aromatic heterocycles. The van der Waals surface area contributed by atoms with Gasteiger partial charge >= 0.3 is 0 Å². The van der Waals surface area contributed by atoms with Crippen LogP contribution in [0.4, 0.5) is 11.4 Å². The summed E-state index contributed by atoms with van der Waals surface area (Å²) < 4.78 is 33.2. The first-order valence-corrected chi connectivity index (χ1v) is 11.2. The molecular weight excluding hydrogens is 402 g/mol. The predicted octanol–water partition coefficient (Wildman–Crippen LogP) is 3.30. The third kappa shape index (κ3) is 2.50. The van der Waals surface area contributed by atoms with Gasteiger partial charge in [0.2, 0.25) is 15.9 Å². The summed E-state index contributed by atoms with van der Waals surface area (Å²) in [6.07, 6.45) is 0.425. The Bertz CT molecular complexity index is 1230. The zero-order valence-electron chi connectivity index (χ0n) is 16.7. The second kappa shape index (κ2) is 6.52. The summed E-state index contributed by atoms with van der Waals surface area (Å²) in [5.74, 6) is 0.170. The van der Waals surface area contributed by atoms with Crippen LogP contribution in [0, 0.1) is 13.8 Å². The average Bonchev–Trinajstić information content (AvgIpc) is 3.40. The molecule has 1 saturated heterocycles. The van der Waals surface area contributed by atoms with Gasteiger partial charge in [0.05, 0.1) is 11.1 Å². The molecule has 0 aliphatic carbocycles. The molecule has 0 saturated carbocycles. The molecule has 0 radical (unpaired) electrons. The molecule has 8 heteroatoms. The van der Waals surface area contributed by atoms with E-state index in [1.54, 1.807) is 18.7 Å². The van der Waals surface area contributed by atoms with Crippen LogP contribution in [-0.4, -0.2) is 36.9 Å². The number of anilines is 2. The van der Waals surface area contributed by atoms with Crippen LogP contribution in [0.2, 0.25) is 0 Å². The highest BCUT2D eigenvalue weighted by atomic mass is 32.2. The molecule has 1 spiro atoms. The van der Waals surface area contributed by atoms with Gasteiger partial charge in [0, 0.05) is 18.8 Å². The number of aromatic nitrogens is 1. The van der Waals surface area contributed by atoms with E-state index in [9.17, 15) is 13.2 Å². The topological polar surface area (TPSA) is 83.7 Å². The molecule has 1 unspecified atom stereocenters. The number of hydrogen-bond acceptors (Lipinski definition) is 5. The van der Waals surface area contributed by atoms with Crippen LogP contribution in [0.3, 0.4) is 0 Å². The van der Waals surface area contributed by atoms with Crippen molar-refractivity contribution in [1.29, 1.82) is 0 Å². The Labute approximate surface area is 174 Å². The number of carbonyl (C=O) groups excluding carboxylic acids is 1. The number of sulfonamides is 1. The fourth-order valence-corrected chi connectivity index (χ4v) is 6.48. The summed E-state index contributed by atoms with van der Waals surface area (Å²) in [4.78, 5) is 15.6. The van der Waals surface area contributed by atoms with Crippen molar-refractivity contribution in [3.05, 3.63) is 71.6 Å². The van der Waals surface area contributed by atoms with E-state index in [1.165, 1.54) is 4.31 Å². The van der Waals surface area contributed by atoms with Crippen LogP contribution in [0.1, 0.15) is 23.4 Å². The molecule has 30 heavy (non-hydrogen) atoms. The van der Waals surface area contributed by atoms with E-state index in [-0.39, 0.29) is 29.7 Å². The minimum absolute atomic E-state index is 0.0913. The van der Waals surface area contributed by atoms with E-state index < -0.39 is 15.4 Å². The van der Waals surface area contributed by atoms with Crippen LogP contribution in [0.25, 0.3) is 0 Å². The highest BCUT2D eigenvalue weighted by Crippen LogP contribution is 2.50. The Balaban J connectivity index is 1.59. The largest absolute Gasteiger partial charge is 0.360 e. The van der Waals surface area contributed by atoms with E-state index in [4.69, 9.17) is 4.52 Å². The summed E-state index contributed by atoms with van der Waals surface area (Å²) in [5, 5.41) is 3.79. The molecule has 0 bridgehead atoms. The molecule has 7 nitrogen and oxygen atoms in total. The highest BCUT2D eigenvalue weighted by molar-refractivity contribution is 7.89. The first kappa shape index (κ1) is 19.0. The third-order valence-electron chi connectivity index (χ3n) is 6.09. The van der Waals surface area contributed by atoms with Gasteiger partial charge in [-0.25, -0.2) is 8.42 Å². The lowest BCUT2D eigenvalue weighted by molar-refractivity contribution is -0.122. The maximum atomic E-state index is 13.8. The standard InChI is InChI=1S/C22H21N3O4S/c1-15-20(16(2)29-23-15)30(27,28)24-13-12-22(14-24)18-10-6-7-11-19(18)25(21(22)26)17-8-4-3-5-9-17/h3-11H,12-14H2,1-2H3. The number of carbonyl (C=O) groups is 1. The van der Waals surface area contributed by atoms with E-state index in [2.05, 4.69) is 5.16 Å². The molecule has 3 heterocycles. The van der Waals surface area contributed by atoms with E-state index >= 15 is 0 Å². The minimum Gasteiger partial charge on any atom is -0.360 e. The normalized spacial score (nSPS) is 21.5. The summed E-state index contributed by atoms with van der Waals surface area (Å²) in [7, 11) is -3.82. The van der Waals surface area contributed by atoms with Gasteiger partial charge in [-0.15, -0.1) is 0 Å². The Kier molecular flexibility index (Phi) is 4.13. The SMILES string of the molecule is Cc1noc(C)c1S(=O)(=O)N1CCC2(C1)C(=O)N(c1ccccc1)c1ccccc12. The van der Waals surface area contributed by atoms with Gasteiger partial charge in [-0.05, 0) is 44.0 Å². The zero-order valence-corrected chi connectivity index (χ0v) is 17.5. The highest BCUT2D eigenvalue weighted by Gasteiger charge is 2.56. The van der Waals surface area contributed by atoms with E-state index in [0.717, 1.165) is 16.9 Å². The summed E-state index contributed by atoms with van der Waals surface area (Å²) in [6, 6.07) is 17.1. The number of nitrogens with zero attached hydrogens (tertiary/aromatic N) is 3. The Morgan fingerprint density at radius 3 is 2.43 bits per heavy atom. The van der Waals surface area contributed by atoms with Crippen LogP contribution in [0.15, 0.2) is 64.0 Å². The van der Waals surface area contributed by atoms with Crippen molar-refractivity contribution in [2.75, 3.05) is 18.0 Å². The second-order valence-electron chi connectivity index (χ2n) is 7.82. The number of rotatable bonds is 3. The first-order chi connectivity index (χ1) is 14.4. The molecule has 1 amide bonds. The number of para-hydroxylation sites is 2. The minimum atomic E-state index is -3.82. The van der Waals surface area contributed by atoms with Crippen LogP contribution < -0.4 is 4.90 Å². The Hall–Kier alpha value is -2.97. The molecule has 2 aliphatic heterocycles. The lowest BCUT2D eigenvalue weighted by Gasteiger charge is -2.24. The van der Waals surface area contributed by atoms with Crippen molar-refractivity contribution in [3.63, 3.8) is 0 Å². The van der Waals surface area contributed by atoms with Gasteiger partial charge in [0.15, 0.2) is 5.76 Å². The van der Waals surface area contributed by atoms with Crippen LogP contribution in [-0.2, 0) is 20.2 Å². The zero-order chi connectivity index (χ0) is 21.1. The van der Waals surface area contributed by atoms with Crippen molar-refractivity contribution in [2.45, 2.75) is 30.6 Å². The van der Waals surface area contributed by atoms with E-state index in [0.29, 0.717) is 12.1 Å². The van der Waals surface area contributed by atoms with Crippen molar-refractivity contribution in [2.24, 2.45) is 0 Å². The van der Waals surface area contributed by atoms with Crippen LogP contribution in [0.5, 0.6) is 0 Å². The molecule has 3 aromatic rings.